The molecule has 1 aromatic carbocycles. The maximum Gasteiger partial charge on any atom is 0.462 e. The lowest BCUT2D eigenvalue weighted by Gasteiger charge is -2.33. The average molecular weight is 312 g/mol. The fraction of sp³-hybridized carbons (Fsp3) is 0.273. The fourth-order valence-electron chi connectivity index (χ4n) is 1.76. The van der Waals surface area contributed by atoms with Gasteiger partial charge < -0.3 is 0 Å². The van der Waals surface area contributed by atoms with Gasteiger partial charge in [-0.05, 0) is 12.1 Å². The van der Waals surface area contributed by atoms with Crippen molar-refractivity contribution in [1.29, 1.82) is 0 Å². The molecule has 21 heavy (non-hydrogen) atoms. The van der Waals surface area contributed by atoms with Gasteiger partial charge in [0, 0.05) is 0 Å². The van der Waals surface area contributed by atoms with Crippen LogP contribution in [-0.4, -0.2) is 29.9 Å². The van der Waals surface area contributed by atoms with Crippen molar-refractivity contribution in [1.82, 2.24) is 10.6 Å². The van der Waals surface area contributed by atoms with Crippen LogP contribution in [0.1, 0.15) is 5.56 Å². The zero-order valence-electron chi connectivity index (χ0n) is 10.1. The van der Waals surface area contributed by atoms with Crippen molar-refractivity contribution in [2.45, 2.75) is 18.0 Å². The predicted octanol–water partition coefficient (Wildman–Crippen LogP) is 0.648. The van der Waals surface area contributed by atoms with Gasteiger partial charge in [-0.15, -0.1) is 0 Å². The molecule has 0 atom stereocenters. The standard InChI is InChI=1S/C11H7F6N3O/c12-10(13,14)9(11(15,16)17)19-7(18-8(21)20-9)6-4-2-1-3-5-6/h1-5H,(H2,18,19,20,21)/p+1. The molecular weight excluding hydrogens is 304 g/mol. The Morgan fingerprint density at radius 1 is 0.952 bits per heavy atom. The van der Waals surface area contributed by atoms with E-state index in [0.29, 0.717) is 0 Å². The van der Waals surface area contributed by atoms with Crippen molar-refractivity contribution in [3.8, 4) is 0 Å². The molecule has 1 aliphatic heterocycles. The lowest BCUT2D eigenvalue weighted by molar-refractivity contribution is -0.654. The number of alkyl halides is 6. The number of hydrogen-bond donors (Lipinski definition) is 3. The maximum atomic E-state index is 12.9. The number of rotatable bonds is 1. The van der Waals surface area contributed by atoms with Crippen molar-refractivity contribution in [2.24, 2.45) is 0 Å². The Labute approximate surface area is 113 Å². The molecule has 1 heterocycles. The van der Waals surface area contributed by atoms with E-state index < -0.39 is 29.9 Å². The van der Waals surface area contributed by atoms with Gasteiger partial charge in [0.1, 0.15) is 0 Å². The van der Waals surface area contributed by atoms with E-state index in [1.165, 1.54) is 35.3 Å². The van der Waals surface area contributed by atoms with Gasteiger partial charge in [-0.1, -0.05) is 18.2 Å². The molecule has 0 saturated heterocycles. The van der Waals surface area contributed by atoms with Crippen molar-refractivity contribution in [2.75, 3.05) is 0 Å². The summed E-state index contributed by atoms with van der Waals surface area (Å²) in [5.41, 5.74) is -4.57. The lowest BCUT2D eigenvalue weighted by atomic mass is 10.1. The van der Waals surface area contributed by atoms with Crippen LogP contribution in [0.4, 0.5) is 31.1 Å². The molecule has 2 rings (SSSR count). The summed E-state index contributed by atoms with van der Waals surface area (Å²) in [6.45, 7) is 0. The molecule has 0 saturated carbocycles. The molecule has 0 bridgehead atoms. The van der Waals surface area contributed by atoms with Crippen LogP contribution in [0.15, 0.2) is 30.3 Å². The number of benzene rings is 1. The molecule has 0 fully saturated rings. The molecule has 1 aromatic rings. The minimum Gasteiger partial charge on any atom is -0.261 e. The molecule has 0 radical (unpaired) electrons. The summed E-state index contributed by atoms with van der Waals surface area (Å²) in [5, 5.41) is 2.76. The topological polar surface area (TPSA) is 55.1 Å². The van der Waals surface area contributed by atoms with Gasteiger partial charge >= 0.3 is 24.0 Å². The summed E-state index contributed by atoms with van der Waals surface area (Å²) in [6, 6.07) is 5.23. The van der Waals surface area contributed by atoms with Crippen LogP contribution in [0.2, 0.25) is 0 Å². The van der Waals surface area contributed by atoms with Crippen molar-refractivity contribution < 1.29 is 36.1 Å². The molecule has 0 spiro atoms. The second kappa shape index (κ2) is 4.64. The Morgan fingerprint density at radius 2 is 1.48 bits per heavy atom. The number of hydrogen-bond acceptors (Lipinski definition) is 1. The average Bonchev–Trinajstić information content (AvgIpc) is 2.36. The highest BCUT2D eigenvalue weighted by Gasteiger charge is 2.77. The first-order valence-electron chi connectivity index (χ1n) is 5.50. The molecule has 2 amide bonds. The van der Waals surface area contributed by atoms with Crippen LogP contribution in [0, 0.1) is 0 Å². The largest absolute Gasteiger partial charge is 0.462 e. The molecule has 0 unspecified atom stereocenters. The number of urea groups is 1. The van der Waals surface area contributed by atoms with Crippen molar-refractivity contribution in [3.63, 3.8) is 0 Å². The third-order valence-electron chi connectivity index (χ3n) is 2.76. The molecule has 10 heteroatoms. The Kier molecular flexibility index (Phi) is 3.34. The maximum absolute atomic E-state index is 12.9. The highest BCUT2D eigenvalue weighted by Crippen LogP contribution is 2.38. The zero-order valence-corrected chi connectivity index (χ0v) is 10.1. The van der Waals surface area contributed by atoms with Gasteiger partial charge in [-0.25, -0.2) is 9.79 Å². The van der Waals surface area contributed by atoms with Crippen LogP contribution in [0.3, 0.4) is 0 Å². The molecule has 0 aromatic heterocycles. The Hall–Kier alpha value is -2.26. The van der Waals surface area contributed by atoms with E-state index in [-0.39, 0.29) is 5.56 Å². The van der Waals surface area contributed by atoms with E-state index in [1.807, 2.05) is 5.32 Å². The molecule has 4 nitrogen and oxygen atoms in total. The SMILES string of the molecule is O=C1NC(c2ccccc2)=[NH+]C(C(F)(F)F)(C(F)(F)F)N1. The number of carbonyl (C=O) groups is 1. The van der Waals surface area contributed by atoms with E-state index in [2.05, 4.69) is 0 Å². The summed E-state index contributed by atoms with van der Waals surface area (Å²) >= 11 is 0. The molecule has 0 aliphatic carbocycles. The van der Waals surface area contributed by atoms with E-state index >= 15 is 0 Å². The van der Waals surface area contributed by atoms with Crippen molar-refractivity contribution in [3.05, 3.63) is 35.9 Å². The zero-order chi connectivity index (χ0) is 15.9. The van der Waals surface area contributed by atoms with E-state index in [9.17, 15) is 31.1 Å². The minimum absolute atomic E-state index is 0.0229. The summed E-state index contributed by atoms with van der Waals surface area (Å²) in [4.78, 5) is 12.6. The van der Waals surface area contributed by atoms with E-state index in [1.54, 1.807) is 0 Å². The minimum atomic E-state index is -5.79. The van der Waals surface area contributed by atoms with Crippen LogP contribution in [0.25, 0.3) is 0 Å². The molecular formula is C11H8F6N3O+. The predicted molar refractivity (Wildman–Crippen MR) is 58.0 cm³/mol. The summed E-state index contributed by atoms with van der Waals surface area (Å²) in [6.07, 6.45) is -11.6. The Bertz CT molecular complexity index is 564. The second-order valence-electron chi connectivity index (χ2n) is 4.19. The number of carbonyl (C=O) groups excluding carboxylic acids is 1. The van der Waals surface area contributed by atoms with E-state index in [0.717, 1.165) is 5.32 Å². The van der Waals surface area contributed by atoms with Crippen molar-refractivity contribution >= 4 is 11.9 Å². The smallest absolute Gasteiger partial charge is 0.261 e. The highest BCUT2D eigenvalue weighted by atomic mass is 19.4. The quantitative estimate of drug-likeness (QED) is 0.655. The molecule has 1 aliphatic rings. The first-order valence-corrected chi connectivity index (χ1v) is 5.50. The molecule has 114 valence electrons. The Balaban J connectivity index is 2.63. The highest BCUT2D eigenvalue weighted by molar-refractivity contribution is 6.05. The number of amides is 2. The van der Waals surface area contributed by atoms with Crippen LogP contribution in [0.5, 0.6) is 0 Å². The number of nitrogens with one attached hydrogen (secondary N) is 3. The normalized spacial score (nSPS) is 18.6. The fourth-order valence-corrected chi connectivity index (χ4v) is 1.76. The van der Waals surface area contributed by atoms with Gasteiger partial charge in [0.2, 0.25) is 0 Å². The second-order valence-corrected chi connectivity index (χ2v) is 4.19. The van der Waals surface area contributed by atoms with Crippen LogP contribution in [-0.2, 0) is 0 Å². The van der Waals surface area contributed by atoms with Gasteiger partial charge in [-0.3, -0.25) is 5.32 Å². The van der Waals surface area contributed by atoms with Gasteiger partial charge in [0.05, 0.1) is 5.56 Å². The third-order valence-corrected chi connectivity index (χ3v) is 2.76. The van der Waals surface area contributed by atoms with Gasteiger partial charge in [0.15, 0.2) is 0 Å². The summed E-state index contributed by atoms with van der Waals surface area (Å²) in [5.74, 6) is -0.686. The van der Waals surface area contributed by atoms with Crippen LogP contribution < -0.4 is 15.6 Å². The van der Waals surface area contributed by atoms with Gasteiger partial charge in [0.25, 0.3) is 5.84 Å². The number of amidine groups is 1. The van der Waals surface area contributed by atoms with E-state index in [4.69, 9.17) is 0 Å². The number of halogens is 6. The van der Waals surface area contributed by atoms with Crippen LogP contribution >= 0.6 is 0 Å². The summed E-state index contributed by atoms with van der Waals surface area (Å²) < 4.78 is 77.5. The first kappa shape index (κ1) is 15.1. The monoisotopic (exact) mass is 312 g/mol. The van der Waals surface area contributed by atoms with Gasteiger partial charge in [-0.2, -0.15) is 31.7 Å². The lowest BCUT2D eigenvalue weighted by Crippen LogP contribution is -3.05. The Morgan fingerprint density at radius 3 is 1.95 bits per heavy atom. The third kappa shape index (κ3) is 2.52. The summed E-state index contributed by atoms with van der Waals surface area (Å²) in [7, 11) is 0. The molecule has 3 N–H and O–H groups in total. The first-order chi connectivity index (χ1) is 9.57.